The van der Waals surface area contributed by atoms with Crippen LogP contribution < -0.4 is 5.32 Å². The summed E-state index contributed by atoms with van der Waals surface area (Å²) in [5.41, 5.74) is 0.513. The number of rotatable bonds is 3. The molecule has 0 aliphatic rings. The lowest BCUT2D eigenvalue weighted by atomic mass is 9.87. The number of nitrogens with zero attached hydrogens (tertiary/aromatic N) is 1. The minimum Gasteiger partial charge on any atom is -0.478 e. The Bertz CT molecular complexity index is 552. The van der Waals surface area contributed by atoms with Crippen LogP contribution >= 0.6 is 15.9 Å². The number of urea groups is 1. The van der Waals surface area contributed by atoms with Gasteiger partial charge in [-0.1, -0.05) is 20.8 Å². The molecule has 1 aromatic rings. The number of aromatic carboxylic acids is 1. The molecular weight excluding hydrogens is 336 g/mol. The lowest BCUT2D eigenvalue weighted by Crippen LogP contribution is -2.45. The number of amides is 2. The third-order valence-corrected chi connectivity index (χ3v) is 4.30. The lowest BCUT2D eigenvalue weighted by molar-refractivity contribution is 0.0697. The van der Waals surface area contributed by atoms with Gasteiger partial charge in [0.15, 0.2) is 0 Å². The molecule has 0 saturated carbocycles. The second-order valence-electron chi connectivity index (χ2n) is 6.08. The van der Waals surface area contributed by atoms with E-state index in [2.05, 4.69) is 42.0 Å². The minimum absolute atomic E-state index is 0.0268. The first kappa shape index (κ1) is 17.5. The summed E-state index contributed by atoms with van der Waals surface area (Å²) in [6.07, 6.45) is 0. The molecule has 0 aliphatic heterocycles. The van der Waals surface area contributed by atoms with Crippen molar-refractivity contribution < 1.29 is 14.7 Å². The summed E-state index contributed by atoms with van der Waals surface area (Å²) in [5.74, 6) is -1.03. The highest BCUT2D eigenvalue weighted by Gasteiger charge is 2.27. The Balaban J connectivity index is 2.93. The van der Waals surface area contributed by atoms with E-state index < -0.39 is 5.97 Å². The SMILES string of the molecule is CC(N(C)C(=O)Nc1cc(C(=O)O)ccc1Br)C(C)(C)C. The third kappa shape index (κ3) is 4.46. The van der Waals surface area contributed by atoms with E-state index in [-0.39, 0.29) is 23.1 Å². The van der Waals surface area contributed by atoms with Crippen molar-refractivity contribution in [1.82, 2.24) is 4.90 Å². The van der Waals surface area contributed by atoms with E-state index in [0.29, 0.717) is 10.2 Å². The van der Waals surface area contributed by atoms with Gasteiger partial charge in [-0.2, -0.15) is 0 Å². The standard InChI is InChI=1S/C15H21BrN2O3/c1-9(15(2,3)4)18(5)14(21)17-12-8-10(13(19)20)6-7-11(12)16/h6-9H,1-5H3,(H,17,21)(H,19,20). The Morgan fingerprint density at radius 3 is 2.38 bits per heavy atom. The Morgan fingerprint density at radius 2 is 1.90 bits per heavy atom. The fourth-order valence-corrected chi connectivity index (χ4v) is 2.06. The largest absolute Gasteiger partial charge is 0.478 e. The second kappa shape index (κ2) is 6.47. The molecule has 0 radical (unpaired) electrons. The molecule has 6 heteroatoms. The van der Waals surface area contributed by atoms with Gasteiger partial charge in [0.2, 0.25) is 0 Å². The number of hydrogen-bond donors (Lipinski definition) is 2. The van der Waals surface area contributed by atoms with Crippen LogP contribution in [0.5, 0.6) is 0 Å². The molecule has 0 aromatic heterocycles. The summed E-state index contributed by atoms with van der Waals surface area (Å²) in [7, 11) is 1.72. The Morgan fingerprint density at radius 1 is 1.33 bits per heavy atom. The molecule has 2 N–H and O–H groups in total. The maximum Gasteiger partial charge on any atom is 0.335 e. The van der Waals surface area contributed by atoms with Gasteiger partial charge in [-0.15, -0.1) is 0 Å². The number of anilines is 1. The van der Waals surface area contributed by atoms with Crippen molar-refractivity contribution in [1.29, 1.82) is 0 Å². The lowest BCUT2D eigenvalue weighted by Gasteiger charge is -2.35. The number of nitrogens with one attached hydrogen (secondary N) is 1. The van der Waals surface area contributed by atoms with Gasteiger partial charge in [0, 0.05) is 17.6 Å². The predicted molar refractivity (Wildman–Crippen MR) is 86.8 cm³/mol. The van der Waals surface area contributed by atoms with Crippen LogP contribution in [0.25, 0.3) is 0 Å². The van der Waals surface area contributed by atoms with Crippen LogP contribution in [0.3, 0.4) is 0 Å². The summed E-state index contributed by atoms with van der Waals surface area (Å²) < 4.78 is 0.637. The number of carboxylic acids is 1. The van der Waals surface area contributed by atoms with Crippen molar-refractivity contribution in [3.8, 4) is 0 Å². The number of halogens is 1. The van der Waals surface area contributed by atoms with Crippen LogP contribution in [0.1, 0.15) is 38.1 Å². The highest BCUT2D eigenvalue weighted by Crippen LogP contribution is 2.26. The summed E-state index contributed by atoms with van der Waals surface area (Å²) in [6, 6.07) is 4.26. The molecule has 2 amide bonds. The van der Waals surface area contributed by atoms with Gasteiger partial charge >= 0.3 is 12.0 Å². The topological polar surface area (TPSA) is 69.6 Å². The number of carbonyl (C=O) groups excluding carboxylic acids is 1. The molecule has 1 unspecified atom stereocenters. The van der Waals surface area contributed by atoms with Crippen molar-refractivity contribution in [2.45, 2.75) is 33.7 Å². The molecule has 1 atom stereocenters. The quantitative estimate of drug-likeness (QED) is 0.858. The summed E-state index contributed by atoms with van der Waals surface area (Å²) >= 11 is 3.31. The van der Waals surface area contributed by atoms with Gasteiger partial charge in [-0.25, -0.2) is 9.59 Å². The molecule has 0 fully saturated rings. The van der Waals surface area contributed by atoms with Crippen LogP contribution in [-0.2, 0) is 0 Å². The van der Waals surface area contributed by atoms with Crippen LogP contribution in [0, 0.1) is 5.41 Å². The smallest absolute Gasteiger partial charge is 0.335 e. The van der Waals surface area contributed by atoms with Crippen molar-refractivity contribution in [2.75, 3.05) is 12.4 Å². The minimum atomic E-state index is -1.03. The molecule has 0 saturated heterocycles. The Hall–Kier alpha value is -1.56. The highest BCUT2D eigenvalue weighted by molar-refractivity contribution is 9.10. The van der Waals surface area contributed by atoms with Crippen molar-refractivity contribution in [2.24, 2.45) is 5.41 Å². The van der Waals surface area contributed by atoms with Gasteiger partial charge in [-0.05, 0) is 46.5 Å². The molecule has 0 aliphatic carbocycles. The van der Waals surface area contributed by atoms with E-state index in [1.807, 2.05) is 6.92 Å². The average Bonchev–Trinajstić information content (AvgIpc) is 2.38. The second-order valence-corrected chi connectivity index (χ2v) is 6.94. The summed E-state index contributed by atoms with van der Waals surface area (Å²) in [4.78, 5) is 24.9. The van der Waals surface area contributed by atoms with Gasteiger partial charge < -0.3 is 15.3 Å². The van der Waals surface area contributed by atoms with Gasteiger partial charge in [0.25, 0.3) is 0 Å². The molecule has 0 bridgehead atoms. The number of hydrogen-bond acceptors (Lipinski definition) is 2. The monoisotopic (exact) mass is 356 g/mol. The molecular formula is C15H21BrN2O3. The Kier molecular flexibility index (Phi) is 5.39. The predicted octanol–water partition coefficient (Wildman–Crippen LogP) is 4.05. The first-order valence-electron chi connectivity index (χ1n) is 6.60. The van der Waals surface area contributed by atoms with E-state index in [1.165, 1.54) is 12.1 Å². The van der Waals surface area contributed by atoms with E-state index in [4.69, 9.17) is 5.11 Å². The zero-order valence-electron chi connectivity index (χ0n) is 12.9. The molecule has 21 heavy (non-hydrogen) atoms. The molecule has 5 nitrogen and oxygen atoms in total. The fourth-order valence-electron chi connectivity index (χ4n) is 1.71. The first-order chi connectivity index (χ1) is 9.54. The zero-order chi connectivity index (χ0) is 16.4. The summed E-state index contributed by atoms with van der Waals surface area (Å²) in [6.45, 7) is 8.15. The van der Waals surface area contributed by atoms with Crippen LogP contribution in [-0.4, -0.2) is 35.1 Å². The maximum atomic E-state index is 12.3. The van der Waals surface area contributed by atoms with E-state index in [9.17, 15) is 9.59 Å². The third-order valence-electron chi connectivity index (χ3n) is 3.61. The summed E-state index contributed by atoms with van der Waals surface area (Å²) in [5, 5.41) is 11.7. The van der Waals surface area contributed by atoms with E-state index in [1.54, 1.807) is 18.0 Å². The molecule has 0 spiro atoms. The first-order valence-corrected chi connectivity index (χ1v) is 7.40. The van der Waals surface area contributed by atoms with Gasteiger partial charge in [-0.3, -0.25) is 0 Å². The van der Waals surface area contributed by atoms with Gasteiger partial charge in [0.05, 0.1) is 11.3 Å². The molecule has 1 rings (SSSR count). The Labute approximate surface area is 133 Å². The number of benzene rings is 1. The van der Waals surface area contributed by atoms with Crippen molar-refractivity contribution >= 4 is 33.6 Å². The van der Waals surface area contributed by atoms with Crippen molar-refractivity contribution in [3.05, 3.63) is 28.2 Å². The number of carboxylic acid groups (broad SMARTS) is 1. The molecule has 0 heterocycles. The van der Waals surface area contributed by atoms with Crippen molar-refractivity contribution in [3.63, 3.8) is 0 Å². The van der Waals surface area contributed by atoms with Crippen LogP contribution in [0.15, 0.2) is 22.7 Å². The average molecular weight is 357 g/mol. The number of carbonyl (C=O) groups is 2. The van der Waals surface area contributed by atoms with Crippen LogP contribution in [0.4, 0.5) is 10.5 Å². The normalized spacial score (nSPS) is 12.7. The van der Waals surface area contributed by atoms with Crippen LogP contribution in [0.2, 0.25) is 0 Å². The fraction of sp³-hybridized carbons (Fsp3) is 0.467. The molecule has 1 aromatic carbocycles. The van der Waals surface area contributed by atoms with E-state index in [0.717, 1.165) is 0 Å². The van der Waals surface area contributed by atoms with Gasteiger partial charge in [0.1, 0.15) is 0 Å². The zero-order valence-corrected chi connectivity index (χ0v) is 14.5. The molecule has 116 valence electrons. The highest BCUT2D eigenvalue weighted by atomic mass is 79.9. The maximum absolute atomic E-state index is 12.3. The van der Waals surface area contributed by atoms with E-state index >= 15 is 0 Å².